The second-order valence-corrected chi connectivity index (χ2v) is 8.33. The molecule has 0 aliphatic heterocycles. The molecular formula is C21H28O2. The van der Waals surface area contributed by atoms with Crippen molar-refractivity contribution in [3.8, 4) is 5.75 Å². The van der Waals surface area contributed by atoms with Gasteiger partial charge in [-0.15, -0.1) is 0 Å². The molecule has 0 spiro atoms. The first-order chi connectivity index (χ1) is 10.9. The van der Waals surface area contributed by atoms with E-state index < -0.39 is 0 Å². The van der Waals surface area contributed by atoms with Crippen LogP contribution in [-0.4, -0.2) is 18.3 Å². The van der Waals surface area contributed by atoms with Gasteiger partial charge in [-0.3, -0.25) is 0 Å². The van der Waals surface area contributed by atoms with Crippen LogP contribution in [0.4, 0.5) is 0 Å². The van der Waals surface area contributed by atoms with Crippen LogP contribution in [0.2, 0.25) is 0 Å². The van der Waals surface area contributed by atoms with Crippen LogP contribution < -0.4 is 4.74 Å². The van der Waals surface area contributed by atoms with E-state index in [-0.39, 0.29) is 16.9 Å². The molecule has 23 heavy (non-hydrogen) atoms. The minimum absolute atomic E-state index is 0.135. The van der Waals surface area contributed by atoms with Gasteiger partial charge in [-0.25, -0.2) is 0 Å². The first-order valence-electron chi connectivity index (χ1n) is 8.97. The fourth-order valence-corrected chi connectivity index (χ4v) is 5.72. The Balaban J connectivity index is 1.90. The van der Waals surface area contributed by atoms with Gasteiger partial charge in [0.25, 0.3) is 0 Å². The van der Waals surface area contributed by atoms with Crippen molar-refractivity contribution in [3.63, 3.8) is 0 Å². The lowest BCUT2D eigenvalue weighted by molar-refractivity contribution is 0.157. The van der Waals surface area contributed by atoms with E-state index in [9.17, 15) is 5.11 Å². The second kappa shape index (κ2) is 4.86. The van der Waals surface area contributed by atoms with Gasteiger partial charge in [0.15, 0.2) is 0 Å². The van der Waals surface area contributed by atoms with Crippen molar-refractivity contribution in [2.24, 2.45) is 5.41 Å². The zero-order valence-electron chi connectivity index (χ0n) is 14.8. The molecule has 3 aliphatic carbocycles. The number of aliphatic hydroxyl groups is 1. The van der Waals surface area contributed by atoms with Crippen molar-refractivity contribution in [2.45, 2.75) is 70.8 Å². The minimum Gasteiger partial charge on any atom is -0.496 e. The zero-order chi connectivity index (χ0) is 16.4. The lowest BCUT2D eigenvalue weighted by atomic mass is 9.56. The molecule has 124 valence electrons. The molecule has 1 N–H and O–H groups in total. The van der Waals surface area contributed by atoms with Gasteiger partial charge in [-0.05, 0) is 73.6 Å². The summed E-state index contributed by atoms with van der Waals surface area (Å²) in [6.45, 7) is 7.01. The highest BCUT2D eigenvalue weighted by Gasteiger charge is 2.50. The Hall–Kier alpha value is -1.28. The Morgan fingerprint density at radius 2 is 1.91 bits per heavy atom. The predicted octanol–water partition coefficient (Wildman–Crippen LogP) is 4.46. The number of aliphatic hydroxyl groups excluding tert-OH is 1. The van der Waals surface area contributed by atoms with Crippen molar-refractivity contribution in [1.29, 1.82) is 0 Å². The third kappa shape index (κ3) is 1.97. The first-order valence-corrected chi connectivity index (χ1v) is 8.97. The maximum Gasteiger partial charge on any atom is 0.122 e. The van der Waals surface area contributed by atoms with Crippen LogP contribution in [0, 0.1) is 12.3 Å². The molecule has 1 saturated carbocycles. The van der Waals surface area contributed by atoms with Gasteiger partial charge in [0.1, 0.15) is 5.75 Å². The van der Waals surface area contributed by atoms with Gasteiger partial charge < -0.3 is 9.84 Å². The Bertz CT molecular complexity index is 702. The predicted molar refractivity (Wildman–Crippen MR) is 93.0 cm³/mol. The highest BCUT2D eigenvalue weighted by Crippen LogP contribution is 2.60. The summed E-state index contributed by atoms with van der Waals surface area (Å²) in [5.41, 5.74) is 7.94. The minimum atomic E-state index is -0.135. The van der Waals surface area contributed by atoms with Gasteiger partial charge in [0, 0.05) is 5.41 Å². The highest BCUT2D eigenvalue weighted by molar-refractivity contribution is 5.55. The third-order valence-corrected chi connectivity index (χ3v) is 7.05. The van der Waals surface area contributed by atoms with Gasteiger partial charge in [0.05, 0.1) is 13.2 Å². The number of hydrogen-bond acceptors (Lipinski definition) is 2. The molecule has 2 nitrogen and oxygen atoms in total. The standard InChI is InChI=1S/C21H28O2/c1-13-15-5-6-17-18-11-14(22)12-20(18,2)9-10-21(17,3)16(15)7-8-19(13)23-4/h7-8,14,22H,5-6,9-12H2,1-4H3/t14?,20-,21?/m0/s1. The van der Waals surface area contributed by atoms with E-state index in [0.29, 0.717) is 0 Å². The molecule has 1 aromatic carbocycles. The Morgan fingerprint density at radius 3 is 2.65 bits per heavy atom. The molecule has 0 aromatic heterocycles. The van der Waals surface area contributed by atoms with Crippen molar-refractivity contribution in [3.05, 3.63) is 40.0 Å². The van der Waals surface area contributed by atoms with E-state index in [1.165, 1.54) is 29.5 Å². The van der Waals surface area contributed by atoms with Crippen LogP contribution in [0.25, 0.3) is 0 Å². The number of ether oxygens (including phenoxy) is 1. The average Bonchev–Trinajstić information content (AvgIpc) is 2.82. The van der Waals surface area contributed by atoms with Crippen LogP contribution >= 0.6 is 0 Å². The topological polar surface area (TPSA) is 29.5 Å². The fraction of sp³-hybridized carbons (Fsp3) is 0.619. The van der Waals surface area contributed by atoms with Crippen molar-refractivity contribution in [1.82, 2.24) is 0 Å². The van der Waals surface area contributed by atoms with Gasteiger partial charge in [-0.1, -0.05) is 31.1 Å². The third-order valence-electron chi connectivity index (χ3n) is 7.05. The molecule has 2 heteroatoms. The molecule has 0 radical (unpaired) electrons. The number of benzene rings is 1. The van der Waals surface area contributed by atoms with Gasteiger partial charge in [0.2, 0.25) is 0 Å². The summed E-state index contributed by atoms with van der Waals surface area (Å²) in [7, 11) is 1.76. The van der Waals surface area contributed by atoms with Gasteiger partial charge >= 0.3 is 0 Å². The Morgan fingerprint density at radius 1 is 1.13 bits per heavy atom. The summed E-state index contributed by atoms with van der Waals surface area (Å²) >= 11 is 0. The smallest absolute Gasteiger partial charge is 0.122 e. The van der Waals surface area contributed by atoms with E-state index in [1.807, 2.05) is 0 Å². The normalized spacial score (nSPS) is 35.6. The summed E-state index contributed by atoms with van der Waals surface area (Å²) < 4.78 is 5.53. The van der Waals surface area contributed by atoms with E-state index in [4.69, 9.17) is 4.74 Å². The quantitative estimate of drug-likeness (QED) is 0.776. The molecule has 0 bridgehead atoms. The number of methoxy groups -OCH3 is 1. The maximum atomic E-state index is 10.3. The molecule has 1 fully saturated rings. The molecule has 4 rings (SSSR count). The van der Waals surface area contributed by atoms with Crippen LogP contribution in [0.15, 0.2) is 23.3 Å². The Labute approximate surface area is 139 Å². The molecule has 1 aromatic rings. The summed E-state index contributed by atoms with van der Waals surface area (Å²) in [6.07, 6.45) is 6.37. The van der Waals surface area contributed by atoms with Crippen LogP contribution in [-0.2, 0) is 11.8 Å². The molecule has 3 aliphatic rings. The van der Waals surface area contributed by atoms with E-state index in [0.717, 1.165) is 31.4 Å². The van der Waals surface area contributed by atoms with E-state index in [1.54, 1.807) is 18.3 Å². The number of allylic oxidation sites excluding steroid dienone is 1. The monoisotopic (exact) mass is 312 g/mol. The summed E-state index contributed by atoms with van der Waals surface area (Å²) in [6, 6.07) is 4.44. The van der Waals surface area contributed by atoms with Crippen molar-refractivity contribution in [2.75, 3.05) is 7.11 Å². The summed E-state index contributed by atoms with van der Waals surface area (Å²) in [4.78, 5) is 0. The first kappa shape index (κ1) is 15.3. The van der Waals surface area contributed by atoms with Crippen molar-refractivity contribution < 1.29 is 9.84 Å². The maximum absolute atomic E-state index is 10.3. The molecule has 0 heterocycles. The van der Waals surface area contributed by atoms with Crippen LogP contribution in [0.3, 0.4) is 0 Å². The zero-order valence-corrected chi connectivity index (χ0v) is 14.8. The lowest BCUT2D eigenvalue weighted by Crippen LogP contribution is -2.38. The Kier molecular flexibility index (Phi) is 3.22. The van der Waals surface area contributed by atoms with Crippen molar-refractivity contribution >= 4 is 0 Å². The largest absolute Gasteiger partial charge is 0.496 e. The molecule has 2 unspecified atom stereocenters. The number of rotatable bonds is 1. The highest BCUT2D eigenvalue weighted by atomic mass is 16.5. The molecule has 0 saturated heterocycles. The number of fused-ring (bicyclic) bond motifs is 4. The molecule has 0 amide bonds. The number of hydrogen-bond donors (Lipinski definition) is 1. The fourth-order valence-electron chi connectivity index (χ4n) is 5.72. The average molecular weight is 312 g/mol. The lowest BCUT2D eigenvalue weighted by Gasteiger charge is -2.48. The van der Waals surface area contributed by atoms with E-state index >= 15 is 0 Å². The SMILES string of the molecule is COc1ccc2c(c1C)CCC1=C3CC(O)C[C@]3(C)CCC12C. The molecular weight excluding hydrogens is 284 g/mol. The summed E-state index contributed by atoms with van der Waals surface area (Å²) in [5.74, 6) is 1.01. The van der Waals surface area contributed by atoms with Crippen LogP contribution in [0.1, 0.15) is 62.6 Å². The second-order valence-electron chi connectivity index (χ2n) is 8.33. The van der Waals surface area contributed by atoms with E-state index in [2.05, 4.69) is 32.9 Å². The molecule has 3 atom stereocenters. The van der Waals surface area contributed by atoms with Crippen LogP contribution in [0.5, 0.6) is 5.75 Å². The summed E-state index contributed by atoms with van der Waals surface area (Å²) in [5, 5.41) is 10.3. The van der Waals surface area contributed by atoms with Gasteiger partial charge in [-0.2, -0.15) is 0 Å².